The third-order valence-electron chi connectivity index (χ3n) is 1.79. The highest BCUT2D eigenvalue weighted by Gasteiger charge is 2.08. The van der Waals surface area contributed by atoms with Crippen molar-refractivity contribution in [1.29, 1.82) is 0 Å². The lowest BCUT2D eigenvalue weighted by Crippen LogP contribution is -1.84. The zero-order chi connectivity index (χ0) is 9.42. The molecule has 0 aliphatic heterocycles. The zero-order valence-electron chi connectivity index (χ0n) is 6.38. The highest BCUT2D eigenvalue weighted by molar-refractivity contribution is 14.1. The summed E-state index contributed by atoms with van der Waals surface area (Å²) in [4.78, 5) is 10.6. The van der Waals surface area contributed by atoms with Crippen LogP contribution in [0.25, 0.3) is 10.1 Å². The largest absolute Gasteiger partial charge is 0.298 e. The summed E-state index contributed by atoms with van der Waals surface area (Å²) in [5.41, 5.74) is 0.728. The second-order valence-electron chi connectivity index (χ2n) is 2.55. The maximum atomic E-state index is 10.6. The number of aldehydes is 1. The molecule has 1 aromatic heterocycles. The molecule has 0 unspecified atom stereocenters. The first-order valence-electron chi connectivity index (χ1n) is 3.54. The maximum absolute atomic E-state index is 10.6. The van der Waals surface area contributed by atoms with E-state index in [0.717, 1.165) is 30.5 Å². The molecule has 0 amide bonds. The molecule has 0 bridgehead atoms. The molecular weight excluding hydrogens is 319 g/mol. The fraction of sp³-hybridized carbons (Fsp3) is 0. The Morgan fingerprint density at radius 3 is 2.92 bits per heavy atom. The Balaban J connectivity index is 2.87. The van der Waals surface area contributed by atoms with Crippen LogP contribution in [-0.2, 0) is 0 Å². The summed E-state index contributed by atoms with van der Waals surface area (Å²) < 4.78 is 2.08. The van der Waals surface area contributed by atoms with E-state index in [0.29, 0.717) is 0 Å². The van der Waals surface area contributed by atoms with Gasteiger partial charge in [-0.2, -0.15) is 0 Å². The molecule has 0 N–H and O–H groups in total. The monoisotopic (exact) mass is 322 g/mol. The van der Waals surface area contributed by atoms with Crippen LogP contribution in [0, 0.1) is 3.57 Å². The van der Waals surface area contributed by atoms with Crippen molar-refractivity contribution in [3.63, 3.8) is 0 Å². The first-order chi connectivity index (χ1) is 6.24. The lowest BCUT2D eigenvalue weighted by molar-refractivity contribution is 0.112. The zero-order valence-corrected chi connectivity index (χ0v) is 10.1. The van der Waals surface area contributed by atoms with Gasteiger partial charge >= 0.3 is 0 Å². The summed E-state index contributed by atoms with van der Waals surface area (Å²) in [6, 6.07) is 3.69. The topological polar surface area (TPSA) is 17.1 Å². The van der Waals surface area contributed by atoms with Gasteiger partial charge in [-0.1, -0.05) is 17.7 Å². The minimum absolute atomic E-state index is 0.728. The van der Waals surface area contributed by atoms with E-state index in [9.17, 15) is 4.79 Å². The van der Waals surface area contributed by atoms with Crippen molar-refractivity contribution < 1.29 is 4.79 Å². The van der Waals surface area contributed by atoms with Crippen molar-refractivity contribution in [2.45, 2.75) is 0 Å². The van der Waals surface area contributed by atoms with Gasteiger partial charge in [0.1, 0.15) is 0 Å². The average molecular weight is 323 g/mol. The van der Waals surface area contributed by atoms with Crippen molar-refractivity contribution in [2.75, 3.05) is 0 Å². The molecule has 0 aliphatic rings. The van der Waals surface area contributed by atoms with Crippen molar-refractivity contribution in [2.24, 2.45) is 0 Å². The standard InChI is InChI=1S/C9H4ClIOS/c10-7-4-13-9-6(7)2-1-5(3-12)8(9)11/h1-4H. The van der Waals surface area contributed by atoms with Crippen LogP contribution in [-0.4, -0.2) is 6.29 Å². The quantitative estimate of drug-likeness (QED) is 0.573. The predicted octanol–water partition coefficient (Wildman–Crippen LogP) is 3.97. The fourth-order valence-corrected chi connectivity index (χ4v) is 3.34. The summed E-state index contributed by atoms with van der Waals surface area (Å²) in [6.45, 7) is 0. The van der Waals surface area contributed by atoms with Crippen LogP contribution in [0.3, 0.4) is 0 Å². The SMILES string of the molecule is O=Cc1ccc2c(Cl)csc2c1I. The van der Waals surface area contributed by atoms with Gasteiger partial charge in [-0.05, 0) is 28.7 Å². The van der Waals surface area contributed by atoms with E-state index in [1.165, 1.54) is 0 Å². The number of fused-ring (bicyclic) bond motifs is 1. The van der Waals surface area contributed by atoms with Gasteiger partial charge < -0.3 is 0 Å². The molecule has 1 heterocycles. The van der Waals surface area contributed by atoms with Gasteiger partial charge in [-0.25, -0.2) is 0 Å². The molecule has 0 fully saturated rings. The van der Waals surface area contributed by atoms with Gasteiger partial charge in [0.15, 0.2) is 6.29 Å². The average Bonchev–Trinajstić information content (AvgIpc) is 2.50. The molecule has 0 saturated carbocycles. The molecule has 1 nitrogen and oxygen atoms in total. The Kier molecular flexibility index (Phi) is 2.58. The van der Waals surface area contributed by atoms with E-state index in [1.807, 2.05) is 11.4 Å². The normalized spacial score (nSPS) is 10.6. The summed E-state index contributed by atoms with van der Waals surface area (Å²) >= 11 is 9.70. The summed E-state index contributed by atoms with van der Waals surface area (Å²) in [5.74, 6) is 0. The van der Waals surface area contributed by atoms with E-state index in [-0.39, 0.29) is 0 Å². The van der Waals surface area contributed by atoms with Crippen LogP contribution in [0.4, 0.5) is 0 Å². The fourth-order valence-electron chi connectivity index (χ4n) is 1.14. The maximum Gasteiger partial charge on any atom is 0.151 e. The molecule has 4 heteroatoms. The predicted molar refractivity (Wildman–Crippen MR) is 64.9 cm³/mol. The number of halogens is 2. The summed E-state index contributed by atoms with van der Waals surface area (Å²) in [5, 5.41) is 3.68. The molecule has 2 rings (SSSR count). The Morgan fingerprint density at radius 2 is 2.23 bits per heavy atom. The van der Waals surface area contributed by atoms with E-state index in [2.05, 4.69) is 22.6 Å². The lowest BCUT2D eigenvalue weighted by atomic mass is 10.2. The van der Waals surface area contributed by atoms with Crippen LogP contribution >= 0.6 is 45.5 Å². The van der Waals surface area contributed by atoms with Crippen LogP contribution < -0.4 is 0 Å². The molecule has 2 aromatic rings. The third-order valence-corrected chi connectivity index (χ3v) is 4.78. The number of carbonyl (C=O) groups is 1. The number of carbonyl (C=O) groups excluding carboxylic acids is 1. The van der Waals surface area contributed by atoms with Crippen LogP contribution in [0.5, 0.6) is 0 Å². The highest BCUT2D eigenvalue weighted by Crippen LogP contribution is 2.34. The van der Waals surface area contributed by atoms with Gasteiger partial charge in [0.05, 0.1) is 5.02 Å². The third kappa shape index (κ3) is 1.49. The van der Waals surface area contributed by atoms with Crippen molar-refractivity contribution in [3.8, 4) is 0 Å². The molecular formula is C9H4ClIOS. The first-order valence-corrected chi connectivity index (χ1v) is 5.88. The molecule has 0 spiro atoms. The number of hydrogen-bond acceptors (Lipinski definition) is 2. The second-order valence-corrected chi connectivity index (χ2v) is 4.91. The van der Waals surface area contributed by atoms with E-state index < -0.39 is 0 Å². The molecule has 0 saturated heterocycles. The van der Waals surface area contributed by atoms with Gasteiger partial charge in [0.25, 0.3) is 0 Å². The minimum Gasteiger partial charge on any atom is -0.298 e. The van der Waals surface area contributed by atoms with Gasteiger partial charge in [-0.3, -0.25) is 4.79 Å². The molecule has 0 radical (unpaired) electrons. The van der Waals surface area contributed by atoms with Crippen molar-refractivity contribution in [3.05, 3.63) is 31.7 Å². The Morgan fingerprint density at radius 1 is 1.46 bits per heavy atom. The first kappa shape index (κ1) is 9.43. The van der Waals surface area contributed by atoms with Crippen molar-refractivity contribution >= 4 is 61.9 Å². The number of thiophene rings is 1. The summed E-state index contributed by atoms with van der Waals surface area (Å²) in [7, 11) is 0. The summed E-state index contributed by atoms with van der Waals surface area (Å²) in [6.07, 6.45) is 0.870. The number of hydrogen-bond donors (Lipinski definition) is 0. The van der Waals surface area contributed by atoms with Gasteiger partial charge in [0, 0.05) is 24.6 Å². The molecule has 0 atom stereocenters. The number of rotatable bonds is 1. The Bertz CT molecular complexity index is 478. The Hall–Kier alpha value is -0.130. The van der Waals surface area contributed by atoms with E-state index >= 15 is 0 Å². The molecule has 13 heavy (non-hydrogen) atoms. The minimum atomic E-state index is 0.728. The van der Waals surface area contributed by atoms with Gasteiger partial charge in [0.2, 0.25) is 0 Å². The van der Waals surface area contributed by atoms with Crippen LogP contribution in [0.2, 0.25) is 5.02 Å². The molecule has 66 valence electrons. The van der Waals surface area contributed by atoms with Crippen molar-refractivity contribution in [1.82, 2.24) is 0 Å². The van der Waals surface area contributed by atoms with E-state index in [4.69, 9.17) is 11.6 Å². The lowest BCUT2D eigenvalue weighted by Gasteiger charge is -1.97. The molecule has 1 aromatic carbocycles. The van der Waals surface area contributed by atoms with Gasteiger partial charge in [-0.15, -0.1) is 11.3 Å². The van der Waals surface area contributed by atoms with Crippen LogP contribution in [0.1, 0.15) is 10.4 Å². The Labute approximate surface area is 97.8 Å². The van der Waals surface area contributed by atoms with E-state index in [1.54, 1.807) is 17.4 Å². The van der Waals surface area contributed by atoms with Crippen LogP contribution in [0.15, 0.2) is 17.5 Å². The number of benzene rings is 1. The highest BCUT2D eigenvalue weighted by atomic mass is 127. The second kappa shape index (κ2) is 3.55. The smallest absolute Gasteiger partial charge is 0.151 e. The molecule has 0 aliphatic carbocycles.